The van der Waals surface area contributed by atoms with Crippen LogP contribution in [-0.2, 0) is 20.9 Å². The standard InChI is InChI=1S/C18H26N3O3/c1-14(18(19)23)7-8-17(22)20-11-16-13-21(9-10-24-16)12-15-5-3-2-4-6-15/h2-6,8,14,16H,7,9-13H2,1H3,(H2,19,23)(H,20,22)/t14?,16-/m0/s1. The number of hydrogen-bond donors (Lipinski definition) is 2. The number of benzene rings is 1. The fourth-order valence-corrected chi connectivity index (χ4v) is 2.58. The zero-order chi connectivity index (χ0) is 17.4. The van der Waals surface area contributed by atoms with Gasteiger partial charge in [-0.2, -0.15) is 0 Å². The monoisotopic (exact) mass is 332 g/mol. The highest BCUT2D eigenvalue weighted by molar-refractivity contribution is 5.86. The van der Waals surface area contributed by atoms with Crippen molar-refractivity contribution in [2.75, 3.05) is 26.2 Å². The van der Waals surface area contributed by atoms with Gasteiger partial charge in [-0.05, 0) is 12.0 Å². The molecule has 131 valence electrons. The molecule has 2 amide bonds. The van der Waals surface area contributed by atoms with Crippen LogP contribution in [0, 0.1) is 12.3 Å². The summed E-state index contributed by atoms with van der Waals surface area (Å²) < 4.78 is 5.72. The van der Waals surface area contributed by atoms with E-state index in [0.717, 1.165) is 19.6 Å². The number of morpholine rings is 1. The molecule has 6 heteroatoms. The Balaban J connectivity index is 1.69. The first-order valence-electron chi connectivity index (χ1n) is 8.33. The Morgan fingerprint density at radius 3 is 2.88 bits per heavy atom. The van der Waals surface area contributed by atoms with Gasteiger partial charge in [-0.3, -0.25) is 14.5 Å². The number of primary amides is 1. The molecule has 1 fully saturated rings. The van der Waals surface area contributed by atoms with E-state index in [-0.39, 0.29) is 17.9 Å². The normalized spacial score (nSPS) is 19.6. The SMILES string of the molecule is CC(C[CH]C(=O)NC[C@H]1CN(Cc2ccccc2)CCO1)C(N)=O. The summed E-state index contributed by atoms with van der Waals surface area (Å²) in [5, 5.41) is 2.83. The molecule has 0 aliphatic carbocycles. The molecule has 3 N–H and O–H groups in total. The van der Waals surface area contributed by atoms with Gasteiger partial charge in [0.1, 0.15) is 0 Å². The Bertz CT molecular complexity index is 536. The highest BCUT2D eigenvalue weighted by atomic mass is 16.5. The van der Waals surface area contributed by atoms with Gasteiger partial charge in [-0.1, -0.05) is 37.3 Å². The van der Waals surface area contributed by atoms with E-state index in [0.29, 0.717) is 19.6 Å². The maximum Gasteiger partial charge on any atom is 0.224 e. The maximum atomic E-state index is 11.8. The van der Waals surface area contributed by atoms with Gasteiger partial charge in [0, 0.05) is 32.1 Å². The van der Waals surface area contributed by atoms with Crippen LogP contribution < -0.4 is 11.1 Å². The number of rotatable bonds is 8. The third-order valence-electron chi connectivity index (χ3n) is 4.12. The minimum Gasteiger partial charge on any atom is -0.374 e. The summed E-state index contributed by atoms with van der Waals surface area (Å²) in [4.78, 5) is 25.1. The van der Waals surface area contributed by atoms with Crippen LogP contribution in [0.25, 0.3) is 0 Å². The van der Waals surface area contributed by atoms with Crippen molar-refractivity contribution in [1.29, 1.82) is 0 Å². The van der Waals surface area contributed by atoms with Crippen molar-refractivity contribution in [3.8, 4) is 0 Å². The topological polar surface area (TPSA) is 84.7 Å². The number of hydrogen-bond acceptors (Lipinski definition) is 4. The van der Waals surface area contributed by atoms with Gasteiger partial charge in [0.05, 0.1) is 19.1 Å². The lowest BCUT2D eigenvalue weighted by molar-refractivity contribution is -0.121. The number of nitrogens with two attached hydrogens (primary N) is 1. The largest absolute Gasteiger partial charge is 0.374 e. The molecule has 1 radical (unpaired) electrons. The van der Waals surface area contributed by atoms with E-state index in [1.165, 1.54) is 12.0 Å². The van der Waals surface area contributed by atoms with E-state index in [4.69, 9.17) is 10.5 Å². The van der Waals surface area contributed by atoms with Crippen LogP contribution >= 0.6 is 0 Å². The Hall–Kier alpha value is -1.92. The lowest BCUT2D eigenvalue weighted by Gasteiger charge is -2.33. The van der Waals surface area contributed by atoms with Crippen molar-refractivity contribution in [3.05, 3.63) is 42.3 Å². The summed E-state index contributed by atoms with van der Waals surface area (Å²) in [6, 6.07) is 10.3. The van der Waals surface area contributed by atoms with Crippen LogP contribution in [0.15, 0.2) is 30.3 Å². The predicted octanol–water partition coefficient (Wildman–Crippen LogP) is 0.719. The fraction of sp³-hybridized carbons (Fsp3) is 0.500. The molecule has 1 saturated heterocycles. The zero-order valence-corrected chi connectivity index (χ0v) is 14.1. The van der Waals surface area contributed by atoms with Gasteiger partial charge in [0.2, 0.25) is 11.8 Å². The van der Waals surface area contributed by atoms with Crippen molar-refractivity contribution >= 4 is 11.8 Å². The molecule has 2 atom stereocenters. The average molecular weight is 332 g/mol. The van der Waals surface area contributed by atoms with Crippen molar-refractivity contribution in [2.24, 2.45) is 11.7 Å². The summed E-state index contributed by atoms with van der Waals surface area (Å²) in [5.74, 6) is -0.916. The highest BCUT2D eigenvalue weighted by Gasteiger charge is 2.21. The minimum absolute atomic E-state index is 0.0200. The predicted molar refractivity (Wildman–Crippen MR) is 91.7 cm³/mol. The molecular formula is C18H26N3O3. The number of carbonyl (C=O) groups excluding carboxylic acids is 2. The molecule has 1 heterocycles. The summed E-state index contributed by atoms with van der Waals surface area (Å²) in [5.41, 5.74) is 6.45. The number of ether oxygens (including phenoxy) is 1. The molecule has 1 aromatic rings. The minimum atomic E-state index is -0.397. The lowest BCUT2D eigenvalue weighted by Crippen LogP contribution is -2.47. The molecule has 0 saturated carbocycles. The van der Waals surface area contributed by atoms with Crippen molar-refractivity contribution in [2.45, 2.75) is 26.0 Å². The Labute approximate surface area is 143 Å². The molecule has 1 aromatic carbocycles. The van der Waals surface area contributed by atoms with E-state index in [1.54, 1.807) is 6.92 Å². The number of amides is 2. The second-order valence-corrected chi connectivity index (χ2v) is 6.20. The third-order valence-corrected chi connectivity index (χ3v) is 4.12. The first-order chi connectivity index (χ1) is 11.5. The zero-order valence-electron chi connectivity index (χ0n) is 14.1. The molecular weight excluding hydrogens is 306 g/mol. The number of carbonyl (C=O) groups is 2. The summed E-state index contributed by atoms with van der Waals surface area (Å²) >= 11 is 0. The first kappa shape index (κ1) is 18.4. The second kappa shape index (κ2) is 9.39. The molecule has 24 heavy (non-hydrogen) atoms. The van der Waals surface area contributed by atoms with Crippen LogP contribution in [0.3, 0.4) is 0 Å². The maximum absolute atomic E-state index is 11.8. The van der Waals surface area contributed by atoms with Crippen molar-refractivity contribution < 1.29 is 14.3 Å². The quantitative estimate of drug-likeness (QED) is 0.735. The van der Waals surface area contributed by atoms with E-state index in [2.05, 4.69) is 22.3 Å². The van der Waals surface area contributed by atoms with Crippen LogP contribution in [0.4, 0.5) is 0 Å². The number of nitrogens with zero attached hydrogens (tertiary/aromatic N) is 1. The molecule has 2 rings (SSSR count). The Morgan fingerprint density at radius 1 is 1.42 bits per heavy atom. The van der Waals surface area contributed by atoms with Gasteiger partial charge in [-0.25, -0.2) is 0 Å². The second-order valence-electron chi connectivity index (χ2n) is 6.20. The molecule has 0 bridgehead atoms. The molecule has 0 spiro atoms. The molecule has 0 aromatic heterocycles. The van der Waals surface area contributed by atoms with Gasteiger partial charge < -0.3 is 15.8 Å². The van der Waals surface area contributed by atoms with Gasteiger partial charge >= 0.3 is 0 Å². The Morgan fingerprint density at radius 2 is 2.17 bits per heavy atom. The van der Waals surface area contributed by atoms with Crippen LogP contribution in [0.5, 0.6) is 0 Å². The van der Waals surface area contributed by atoms with Crippen LogP contribution in [0.2, 0.25) is 0 Å². The average Bonchev–Trinajstić information content (AvgIpc) is 2.59. The van der Waals surface area contributed by atoms with Crippen LogP contribution in [-0.4, -0.2) is 49.1 Å². The third kappa shape index (κ3) is 6.29. The fourth-order valence-electron chi connectivity index (χ4n) is 2.58. The van der Waals surface area contributed by atoms with E-state index < -0.39 is 5.91 Å². The molecule has 1 aliphatic rings. The molecule has 6 nitrogen and oxygen atoms in total. The Kier molecular flexibility index (Phi) is 7.21. The van der Waals surface area contributed by atoms with Gasteiger partial charge in [0.15, 0.2) is 0 Å². The van der Waals surface area contributed by atoms with E-state index in [1.807, 2.05) is 18.2 Å². The van der Waals surface area contributed by atoms with Gasteiger partial charge in [0.25, 0.3) is 0 Å². The summed E-state index contributed by atoms with van der Waals surface area (Å²) in [6.07, 6.45) is 1.81. The molecule has 1 aliphatic heterocycles. The van der Waals surface area contributed by atoms with Gasteiger partial charge in [-0.15, -0.1) is 0 Å². The lowest BCUT2D eigenvalue weighted by atomic mass is 10.1. The molecule has 1 unspecified atom stereocenters. The van der Waals surface area contributed by atoms with Crippen molar-refractivity contribution in [3.63, 3.8) is 0 Å². The summed E-state index contributed by atoms with van der Waals surface area (Å²) in [6.45, 7) is 5.39. The van der Waals surface area contributed by atoms with E-state index >= 15 is 0 Å². The van der Waals surface area contributed by atoms with E-state index in [9.17, 15) is 9.59 Å². The highest BCUT2D eigenvalue weighted by Crippen LogP contribution is 2.10. The smallest absolute Gasteiger partial charge is 0.224 e. The first-order valence-corrected chi connectivity index (χ1v) is 8.33. The summed E-state index contributed by atoms with van der Waals surface area (Å²) in [7, 11) is 0. The van der Waals surface area contributed by atoms with Crippen molar-refractivity contribution in [1.82, 2.24) is 10.2 Å². The number of nitrogens with one attached hydrogen (secondary N) is 1. The van der Waals surface area contributed by atoms with Crippen LogP contribution in [0.1, 0.15) is 18.9 Å².